The minimum atomic E-state index is -0.913. The van der Waals surface area contributed by atoms with Crippen molar-refractivity contribution in [3.63, 3.8) is 0 Å². The van der Waals surface area contributed by atoms with E-state index in [0.717, 1.165) is 0 Å². The van der Waals surface area contributed by atoms with Gasteiger partial charge in [0.25, 0.3) is 5.91 Å². The lowest BCUT2D eigenvalue weighted by molar-refractivity contribution is 0.0816. The van der Waals surface area contributed by atoms with Crippen molar-refractivity contribution in [2.45, 2.75) is 13.2 Å². The second-order valence-corrected chi connectivity index (χ2v) is 3.11. The molecule has 1 amide bonds. The fourth-order valence-electron chi connectivity index (χ4n) is 1.17. The van der Waals surface area contributed by atoms with Gasteiger partial charge < -0.3 is 20.9 Å². The highest BCUT2D eigenvalue weighted by Crippen LogP contribution is 2.20. The topological polar surface area (TPSA) is 84.6 Å². The number of nitrogens with one attached hydrogen (secondary N) is 1. The molecule has 0 heterocycles. The van der Waals surface area contributed by atoms with Crippen molar-refractivity contribution in [3.8, 4) is 5.75 Å². The third kappa shape index (κ3) is 2.85. The summed E-state index contributed by atoms with van der Waals surface area (Å²) >= 11 is 0. The molecule has 15 heavy (non-hydrogen) atoms. The van der Waals surface area contributed by atoms with Gasteiger partial charge in [-0.1, -0.05) is 0 Å². The summed E-state index contributed by atoms with van der Waals surface area (Å²) in [5.41, 5.74) is 6.32. The molecule has 1 aromatic rings. The molecule has 1 unspecified atom stereocenters. The summed E-state index contributed by atoms with van der Waals surface area (Å²) < 4.78 is 5.01. The van der Waals surface area contributed by atoms with E-state index in [1.807, 2.05) is 0 Å². The molecule has 1 rings (SSSR count). The van der Waals surface area contributed by atoms with Gasteiger partial charge in [0, 0.05) is 5.69 Å². The maximum Gasteiger partial charge on any atom is 0.257 e. The molecule has 0 fully saturated rings. The molecule has 0 aliphatic heterocycles. The first-order chi connectivity index (χ1) is 7.04. The highest BCUT2D eigenvalue weighted by atomic mass is 16.5. The maximum absolute atomic E-state index is 11.6. The molecule has 0 spiro atoms. The van der Waals surface area contributed by atoms with Gasteiger partial charge in [-0.3, -0.25) is 4.79 Å². The Labute approximate surface area is 87.9 Å². The summed E-state index contributed by atoms with van der Waals surface area (Å²) in [5, 5.41) is 11.4. The number of nitrogen functional groups attached to an aromatic ring is 1. The number of anilines is 1. The van der Waals surface area contributed by atoms with Crippen LogP contribution in [-0.4, -0.2) is 24.4 Å². The number of carbonyl (C=O) groups excluding carboxylic acids is 1. The molecule has 82 valence electrons. The number of aliphatic hydroxyl groups is 1. The summed E-state index contributed by atoms with van der Waals surface area (Å²) in [6.45, 7) is 1.46. The van der Waals surface area contributed by atoms with E-state index in [4.69, 9.17) is 15.6 Å². The predicted octanol–water partition coefficient (Wildman–Crippen LogP) is 0.345. The fourth-order valence-corrected chi connectivity index (χ4v) is 1.17. The van der Waals surface area contributed by atoms with Crippen LogP contribution in [0.3, 0.4) is 0 Å². The van der Waals surface area contributed by atoms with Gasteiger partial charge in [-0.2, -0.15) is 0 Å². The van der Waals surface area contributed by atoms with Crippen molar-refractivity contribution in [2.75, 3.05) is 12.8 Å². The molecule has 1 aromatic carbocycles. The van der Waals surface area contributed by atoms with Gasteiger partial charge in [0.2, 0.25) is 0 Å². The van der Waals surface area contributed by atoms with Crippen molar-refractivity contribution >= 4 is 11.6 Å². The first-order valence-electron chi connectivity index (χ1n) is 4.47. The number of benzene rings is 1. The largest absolute Gasteiger partial charge is 0.496 e. The molecule has 5 nitrogen and oxygen atoms in total. The van der Waals surface area contributed by atoms with E-state index in [-0.39, 0.29) is 0 Å². The average Bonchev–Trinajstić information content (AvgIpc) is 2.16. The van der Waals surface area contributed by atoms with Gasteiger partial charge in [-0.05, 0) is 25.1 Å². The van der Waals surface area contributed by atoms with Crippen LogP contribution in [0.1, 0.15) is 17.3 Å². The third-order valence-electron chi connectivity index (χ3n) is 1.81. The Morgan fingerprint density at radius 1 is 1.60 bits per heavy atom. The molecule has 0 radical (unpaired) electrons. The van der Waals surface area contributed by atoms with Gasteiger partial charge in [0.15, 0.2) is 0 Å². The number of carbonyl (C=O) groups is 1. The number of hydrogen-bond donors (Lipinski definition) is 3. The molecular formula is C10H14N2O3. The van der Waals surface area contributed by atoms with E-state index in [2.05, 4.69) is 5.32 Å². The number of methoxy groups -OCH3 is 1. The van der Waals surface area contributed by atoms with Gasteiger partial charge in [0.1, 0.15) is 12.0 Å². The van der Waals surface area contributed by atoms with Crippen LogP contribution in [0.15, 0.2) is 18.2 Å². The normalized spacial score (nSPS) is 11.9. The van der Waals surface area contributed by atoms with Crippen molar-refractivity contribution in [1.29, 1.82) is 0 Å². The second-order valence-electron chi connectivity index (χ2n) is 3.11. The van der Waals surface area contributed by atoms with Crippen molar-refractivity contribution in [2.24, 2.45) is 0 Å². The van der Waals surface area contributed by atoms with Gasteiger partial charge in [-0.25, -0.2) is 0 Å². The summed E-state index contributed by atoms with van der Waals surface area (Å²) in [5.74, 6) is -0.00324. The minimum absolute atomic E-state index is 0.304. The molecule has 5 heteroatoms. The molecule has 0 saturated heterocycles. The molecule has 0 saturated carbocycles. The molecule has 0 aromatic heterocycles. The maximum atomic E-state index is 11.6. The molecule has 4 N–H and O–H groups in total. The standard InChI is InChI=1S/C10H14N2O3/c1-6(13)12-10(14)8-5-7(11)3-4-9(8)15-2/h3-6,13H,11H2,1-2H3,(H,12,14). The van der Waals surface area contributed by atoms with E-state index < -0.39 is 12.1 Å². The first kappa shape index (κ1) is 11.3. The van der Waals surface area contributed by atoms with Crippen LogP contribution in [0.5, 0.6) is 5.75 Å². The Kier molecular flexibility index (Phi) is 3.51. The number of ether oxygens (including phenoxy) is 1. The fraction of sp³-hybridized carbons (Fsp3) is 0.300. The number of nitrogens with two attached hydrogens (primary N) is 1. The van der Waals surface area contributed by atoms with Crippen LogP contribution in [0, 0.1) is 0 Å². The van der Waals surface area contributed by atoms with Crippen molar-refractivity contribution < 1.29 is 14.6 Å². The Hall–Kier alpha value is -1.75. The zero-order valence-corrected chi connectivity index (χ0v) is 8.65. The summed E-state index contributed by atoms with van der Waals surface area (Å²) in [6, 6.07) is 4.74. The zero-order valence-electron chi connectivity index (χ0n) is 8.65. The Bertz CT molecular complexity index is 364. The van der Waals surface area contributed by atoms with Gasteiger partial charge in [-0.15, -0.1) is 0 Å². The number of amides is 1. The summed E-state index contributed by atoms with van der Waals surface area (Å²) in [7, 11) is 1.46. The van der Waals surface area contributed by atoms with E-state index in [9.17, 15) is 4.79 Å². The summed E-state index contributed by atoms with van der Waals surface area (Å²) in [6.07, 6.45) is -0.913. The number of rotatable bonds is 3. The number of aliphatic hydroxyl groups excluding tert-OH is 1. The quantitative estimate of drug-likeness (QED) is 0.496. The lowest BCUT2D eigenvalue weighted by Crippen LogP contribution is -2.32. The van der Waals surface area contributed by atoms with Crippen LogP contribution in [0.25, 0.3) is 0 Å². The zero-order chi connectivity index (χ0) is 11.4. The predicted molar refractivity (Wildman–Crippen MR) is 56.6 cm³/mol. The lowest BCUT2D eigenvalue weighted by atomic mass is 10.1. The highest BCUT2D eigenvalue weighted by Gasteiger charge is 2.13. The van der Waals surface area contributed by atoms with Crippen LogP contribution in [0.4, 0.5) is 5.69 Å². The summed E-state index contributed by atoms with van der Waals surface area (Å²) in [4.78, 5) is 11.6. The van der Waals surface area contributed by atoms with E-state index in [1.165, 1.54) is 20.1 Å². The average molecular weight is 210 g/mol. The van der Waals surface area contributed by atoms with Crippen LogP contribution >= 0.6 is 0 Å². The van der Waals surface area contributed by atoms with Crippen LogP contribution < -0.4 is 15.8 Å². The monoisotopic (exact) mass is 210 g/mol. The Morgan fingerprint density at radius 3 is 2.80 bits per heavy atom. The Balaban J connectivity index is 3.00. The van der Waals surface area contributed by atoms with E-state index in [0.29, 0.717) is 17.0 Å². The smallest absolute Gasteiger partial charge is 0.257 e. The molecule has 1 atom stereocenters. The second kappa shape index (κ2) is 4.65. The van der Waals surface area contributed by atoms with E-state index >= 15 is 0 Å². The third-order valence-corrected chi connectivity index (χ3v) is 1.81. The van der Waals surface area contributed by atoms with Crippen molar-refractivity contribution in [3.05, 3.63) is 23.8 Å². The molecule has 0 bridgehead atoms. The lowest BCUT2D eigenvalue weighted by Gasteiger charge is -2.11. The SMILES string of the molecule is COc1ccc(N)cc1C(=O)NC(C)O. The molecular weight excluding hydrogens is 196 g/mol. The van der Waals surface area contributed by atoms with Gasteiger partial charge >= 0.3 is 0 Å². The van der Waals surface area contributed by atoms with Gasteiger partial charge in [0.05, 0.1) is 12.7 Å². The highest BCUT2D eigenvalue weighted by molar-refractivity contribution is 5.97. The molecule has 0 aliphatic carbocycles. The van der Waals surface area contributed by atoms with Crippen molar-refractivity contribution in [1.82, 2.24) is 5.32 Å². The van der Waals surface area contributed by atoms with Crippen LogP contribution in [0.2, 0.25) is 0 Å². The first-order valence-corrected chi connectivity index (χ1v) is 4.47. The molecule has 0 aliphatic rings. The number of hydrogen-bond acceptors (Lipinski definition) is 4. The van der Waals surface area contributed by atoms with Crippen LogP contribution in [-0.2, 0) is 0 Å². The Morgan fingerprint density at radius 2 is 2.27 bits per heavy atom. The van der Waals surface area contributed by atoms with E-state index in [1.54, 1.807) is 12.1 Å². The minimum Gasteiger partial charge on any atom is -0.496 e.